The zero-order valence-electron chi connectivity index (χ0n) is 14.0. The second-order valence-electron chi connectivity index (χ2n) is 6.08. The van der Waals surface area contributed by atoms with E-state index in [1.165, 1.54) is 22.5 Å². The van der Waals surface area contributed by atoms with E-state index < -0.39 is 21.9 Å². The summed E-state index contributed by atoms with van der Waals surface area (Å²) in [6.07, 6.45) is 0. The number of nitrogens with zero attached hydrogens (tertiary/aromatic N) is 1. The Bertz CT molecular complexity index is 1090. The molecule has 0 saturated carbocycles. The van der Waals surface area contributed by atoms with E-state index >= 15 is 0 Å². The molecule has 0 amide bonds. The maximum atomic E-state index is 14.4. The Hall–Kier alpha value is -2.38. The molecule has 0 radical (unpaired) electrons. The van der Waals surface area contributed by atoms with Gasteiger partial charge in [0.2, 0.25) is 0 Å². The van der Waals surface area contributed by atoms with Crippen LogP contribution in [-0.2, 0) is 10.0 Å². The number of halogens is 2. The highest BCUT2D eigenvalue weighted by Crippen LogP contribution is 2.44. The molecule has 27 heavy (non-hydrogen) atoms. The third-order valence-electron chi connectivity index (χ3n) is 4.40. The summed E-state index contributed by atoms with van der Waals surface area (Å²) in [7, 11) is -4.15. The molecule has 0 N–H and O–H groups in total. The van der Waals surface area contributed by atoms with Crippen LogP contribution in [0.25, 0.3) is 0 Å². The lowest BCUT2D eigenvalue weighted by molar-refractivity contribution is 0.275. The van der Waals surface area contributed by atoms with Crippen LogP contribution in [0.5, 0.6) is 5.75 Å². The smallest absolute Gasteiger partial charge is 0.268 e. The molecule has 7 heteroatoms. The van der Waals surface area contributed by atoms with Crippen molar-refractivity contribution in [2.24, 2.45) is 0 Å². The van der Waals surface area contributed by atoms with Crippen molar-refractivity contribution in [3.63, 3.8) is 0 Å². The highest BCUT2D eigenvalue weighted by molar-refractivity contribution is 9.10. The van der Waals surface area contributed by atoms with E-state index in [9.17, 15) is 12.8 Å². The molecule has 1 aliphatic rings. The SMILES string of the molecule is O=S(=O)(c1ccccc1F)N1c2ccc(Br)cc2OCC1c1ccccc1. The molecule has 0 bridgehead atoms. The summed E-state index contributed by atoms with van der Waals surface area (Å²) in [5.41, 5.74) is 1.15. The van der Waals surface area contributed by atoms with Gasteiger partial charge in [-0.15, -0.1) is 0 Å². The zero-order valence-corrected chi connectivity index (χ0v) is 16.5. The first-order valence-corrected chi connectivity index (χ1v) is 10.5. The van der Waals surface area contributed by atoms with Crippen molar-refractivity contribution >= 4 is 31.6 Å². The van der Waals surface area contributed by atoms with Crippen LogP contribution >= 0.6 is 15.9 Å². The molecule has 4 rings (SSSR count). The molecule has 0 aromatic heterocycles. The van der Waals surface area contributed by atoms with Gasteiger partial charge in [-0.05, 0) is 35.9 Å². The van der Waals surface area contributed by atoms with Gasteiger partial charge in [0.25, 0.3) is 10.0 Å². The van der Waals surface area contributed by atoms with Gasteiger partial charge in [-0.1, -0.05) is 58.4 Å². The summed E-state index contributed by atoms with van der Waals surface area (Å²) >= 11 is 3.37. The van der Waals surface area contributed by atoms with Crippen LogP contribution in [0.15, 0.2) is 82.2 Å². The molecule has 1 heterocycles. The molecule has 0 spiro atoms. The van der Waals surface area contributed by atoms with Crippen molar-refractivity contribution in [3.05, 3.63) is 88.6 Å². The molecule has 0 aliphatic carbocycles. The molecule has 1 aliphatic heterocycles. The number of rotatable bonds is 3. The first-order valence-electron chi connectivity index (χ1n) is 8.25. The van der Waals surface area contributed by atoms with Gasteiger partial charge in [0.05, 0.1) is 5.69 Å². The van der Waals surface area contributed by atoms with Gasteiger partial charge in [0.1, 0.15) is 29.1 Å². The first-order chi connectivity index (χ1) is 13.0. The predicted molar refractivity (Wildman–Crippen MR) is 105 cm³/mol. The number of ether oxygens (including phenoxy) is 1. The number of fused-ring (bicyclic) bond motifs is 1. The monoisotopic (exact) mass is 447 g/mol. The largest absolute Gasteiger partial charge is 0.489 e. The van der Waals surface area contributed by atoms with E-state index in [0.717, 1.165) is 16.1 Å². The number of hydrogen-bond acceptors (Lipinski definition) is 3. The molecule has 0 fully saturated rings. The highest BCUT2D eigenvalue weighted by Gasteiger charge is 2.39. The van der Waals surface area contributed by atoms with Gasteiger partial charge in [0.15, 0.2) is 0 Å². The standard InChI is InChI=1S/C20H15BrFNO3S/c21-15-10-11-17-19(12-15)26-13-18(14-6-2-1-3-7-14)23(17)27(24,25)20-9-5-4-8-16(20)22/h1-12,18H,13H2. The molecule has 4 nitrogen and oxygen atoms in total. The van der Waals surface area contributed by atoms with Crippen LogP contribution in [0.2, 0.25) is 0 Å². The van der Waals surface area contributed by atoms with E-state index in [-0.39, 0.29) is 11.5 Å². The van der Waals surface area contributed by atoms with E-state index in [2.05, 4.69) is 15.9 Å². The first kappa shape index (κ1) is 18.0. The fourth-order valence-corrected chi connectivity index (χ4v) is 5.20. The summed E-state index contributed by atoms with van der Waals surface area (Å²) in [5, 5.41) is 0. The van der Waals surface area contributed by atoms with Gasteiger partial charge in [0, 0.05) is 4.47 Å². The van der Waals surface area contributed by atoms with E-state index in [4.69, 9.17) is 4.74 Å². The quantitative estimate of drug-likeness (QED) is 0.572. The maximum absolute atomic E-state index is 14.4. The topological polar surface area (TPSA) is 46.6 Å². The van der Waals surface area contributed by atoms with Gasteiger partial charge in [-0.3, -0.25) is 4.31 Å². The number of anilines is 1. The van der Waals surface area contributed by atoms with Crippen molar-refractivity contribution in [1.29, 1.82) is 0 Å². The van der Waals surface area contributed by atoms with Crippen molar-refractivity contribution in [2.75, 3.05) is 10.9 Å². The lowest BCUT2D eigenvalue weighted by atomic mass is 10.1. The summed E-state index contributed by atoms with van der Waals surface area (Å²) in [6, 6.07) is 19.1. The van der Waals surface area contributed by atoms with Crippen molar-refractivity contribution in [3.8, 4) is 5.75 Å². The highest BCUT2D eigenvalue weighted by atomic mass is 79.9. The second-order valence-corrected chi connectivity index (χ2v) is 8.78. The molecular weight excluding hydrogens is 433 g/mol. The molecule has 1 atom stereocenters. The molecule has 138 valence electrons. The van der Waals surface area contributed by atoms with Gasteiger partial charge >= 0.3 is 0 Å². The van der Waals surface area contributed by atoms with Gasteiger partial charge in [-0.2, -0.15) is 0 Å². The molecule has 1 unspecified atom stereocenters. The van der Waals surface area contributed by atoms with Gasteiger partial charge < -0.3 is 4.74 Å². The van der Waals surface area contributed by atoms with E-state index in [1.54, 1.807) is 18.2 Å². The third kappa shape index (κ3) is 3.21. The van der Waals surface area contributed by atoms with Crippen LogP contribution in [0.3, 0.4) is 0 Å². The average molecular weight is 448 g/mol. The Morgan fingerprint density at radius 1 is 1.00 bits per heavy atom. The van der Waals surface area contributed by atoms with Crippen molar-refractivity contribution in [1.82, 2.24) is 0 Å². The minimum absolute atomic E-state index is 0.126. The van der Waals surface area contributed by atoms with Gasteiger partial charge in [-0.25, -0.2) is 12.8 Å². The second kappa shape index (κ2) is 6.98. The third-order valence-corrected chi connectivity index (χ3v) is 6.75. The summed E-state index contributed by atoms with van der Waals surface area (Å²) < 4.78 is 49.1. The fourth-order valence-electron chi connectivity index (χ4n) is 3.15. The Labute approximate surface area is 165 Å². The summed E-state index contributed by atoms with van der Waals surface area (Å²) in [5.74, 6) is -0.356. The minimum Gasteiger partial charge on any atom is -0.489 e. The number of hydrogen-bond donors (Lipinski definition) is 0. The molecule has 3 aromatic rings. The lowest BCUT2D eigenvalue weighted by Crippen LogP contribution is -2.41. The van der Waals surface area contributed by atoms with Crippen LogP contribution in [0.1, 0.15) is 11.6 Å². The maximum Gasteiger partial charge on any atom is 0.268 e. The number of benzene rings is 3. The normalized spacial score (nSPS) is 16.5. The predicted octanol–water partition coefficient (Wildman–Crippen LogP) is 4.92. The lowest BCUT2D eigenvalue weighted by Gasteiger charge is -2.37. The van der Waals surface area contributed by atoms with Crippen LogP contribution in [-0.4, -0.2) is 15.0 Å². The Kier molecular flexibility index (Phi) is 4.65. The Morgan fingerprint density at radius 3 is 2.44 bits per heavy atom. The Morgan fingerprint density at radius 2 is 1.70 bits per heavy atom. The minimum atomic E-state index is -4.15. The van der Waals surface area contributed by atoms with Crippen molar-refractivity contribution < 1.29 is 17.5 Å². The summed E-state index contributed by atoms with van der Waals surface area (Å²) in [6.45, 7) is 0.126. The van der Waals surface area contributed by atoms with Crippen molar-refractivity contribution in [2.45, 2.75) is 10.9 Å². The number of sulfonamides is 1. The van der Waals surface area contributed by atoms with E-state index in [1.807, 2.05) is 30.3 Å². The van der Waals surface area contributed by atoms with Crippen LogP contribution in [0.4, 0.5) is 10.1 Å². The molecule has 0 saturated heterocycles. The Balaban J connectivity index is 1.93. The summed E-state index contributed by atoms with van der Waals surface area (Å²) in [4.78, 5) is -0.360. The van der Waals surface area contributed by atoms with Crippen LogP contribution in [0, 0.1) is 5.82 Å². The molecule has 3 aromatic carbocycles. The average Bonchev–Trinajstić information content (AvgIpc) is 2.67. The molecular formula is C20H15BrFNO3S. The van der Waals surface area contributed by atoms with E-state index in [0.29, 0.717) is 11.4 Å². The van der Waals surface area contributed by atoms with Crippen LogP contribution < -0.4 is 9.04 Å². The zero-order chi connectivity index (χ0) is 19.0. The fraction of sp³-hybridized carbons (Fsp3) is 0.100.